The highest BCUT2D eigenvalue weighted by Gasteiger charge is 2.15. The average molecular weight is 475 g/mol. The maximum atomic E-state index is 12.1. The fraction of sp³-hybridized carbons (Fsp3) is 0.280. The summed E-state index contributed by atoms with van der Waals surface area (Å²) in [5.74, 6) is 1.14. The summed E-state index contributed by atoms with van der Waals surface area (Å²) in [7, 11) is 0. The fourth-order valence-corrected chi connectivity index (χ4v) is 4.39. The lowest BCUT2D eigenvalue weighted by Gasteiger charge is -2.11. The molecule has 0 atom stereocenters. The van der Waals surface area contributed by atoms with Gasteiger partial charge in [-0.2, -0.15) is 0 Å². The van der Waals surface area contributed by atoms with Gasteiger partial charge in [0, 0.05) is 28.6 Å². The SMILES string of the molecule is CCCCc1ncc(CC(=O)OCC)c(Sc2ccc(-c3ccccc3-c3nnn[nH]3)cc2)n1. The molecule has 174 valence electrons. The molecule has 0 radical (unpaired) electrons. The van der Waals surface area contributed by atoms with Crippen LogP contribution in [0.4, 0.5) is 0 Å². The molecule has 8 nitrogen and oxygen atoms in total. The molecule has 0 bridgehead atoms. The number of rotatable bonds is 10. The normalized spacial score (nSPS) is 10.9. The van der Waals surface area contributed by atoms with Crippen LogP contribution in [0.2, 0.25) is 0 Å². The van der Waals surface area contributed by atoms with E-state index in [0.717, 1.165) is 57.3 Å². The van der Waals surface area contributed by atoms with E-state index in [4.69, 9.17) is 9.72 Å². The number of benzene rings is 2. The second kappa shape index (κ2) is 11.5. The average Bonchev–Trinajstić information content (AvgIpc) is 3.40. The van der Waals surface area contributed by atoms with Crippen LogP contribution in [-0.2, 0) is 22.4 Å². The Morgan fingerprint density at radius 3 is 2.56 bits per heavy atom. The Morgan fingerprint density at radius 2 is 1.85 bits per heavy atom. The zero-order valence-electron chi connectivity index (χ0n) is 19.2. The molecule has 0 aliphatic heterocycles. The number of aryl methyl sites for hydroxylation is 1. The van der Waals surface area contributed by atoms with E-state index >= 15 is 0 Å². The summed E-state index contributed by atoms with van der Waals surface area (Å²) >= 11 is 1.53. The minimum absolute atomic E-state index is 0.154. The molecule has 4 aromatic rings. The number of nitrogens with zero attached hydrogens (tertiary/aromatic N) is 5. The molecule has 1 N–H and O–H groups in total. The van der Waals surface area contributed by atoms with E-state index in [1.54, 1.807) is 13.1 Å². The number of hydrogen-bond donors (Lipinski definition) is 1. The number of H-pyrrole nitrogens is 1. The maximum absolute atomic E-state index is 12.1. The third-order valence-corrected chi connectivity index (χ3v) is 6.23. The predicted molar refractivity (Wildman–Crippen MR) is 130 cm³/mol. The maximum Gasteiger partial charge on any atom is 0.310 e. The van der Waals surface area contributed by atoms with E-state index in [2.05, 4.69) is 56.8 Å². The first-order valence-corrected chi connectivity index (χ1v) is 12.1. The molecule has 2 heterocycles. The highest BCUT2D eigenvalue weighted by Crippen LogP contribution is 2.34. The molecule has 0 spiro atoms. The number of carbonyl (C=O) groups excluding carboxylic acids is 1. The van der Waals surface area contributed by atoms with E-state index in [-0.39, 0.29) is 12.4 Å². The van der Waals surface area contributed by atoms with Crippen LogP contribution >= 0.6 is 11.8 Å². The Kier molecular flexibility index (Phi) is 7.98. The van der Waals surface area contributed by atoms with Crippen molar-refractivity contribution in [3.05, 3.63) is 66.1 Å². The smallest absolute Gasteiger partial charge is 0.310 e. The minimum atomic E-state index is -0.275. The van der Waals surface area contributed by atoms with Gasteiger partial charge in [0.1, 0.15) is 10.9 Å². The van der Waals surface area contributed by atoms with E-state index in [1.807, 2.05) is 24.3 Å². The lowest BCUT2D eigenvalue weighted by molar-refractivity contribution is -0.142. The molecule has 0 fully saturated rings. The van der Waals surface area contributed by atoms with Gasteiger partial charge in [-0.15, -0.1) is 5.10 Å². The lowest BCUT2D eigenvalue weighted by Crippen LogP contribution is -2.10. The van der Waals surface area contributed by atoms with Crippen molar-refractivity contribution in [3.63, 3.8) is 0 Å². The number of unbranched alkanes of at least 4 members (excludes halogenated alkanes) is 1. The van der Waals surface area contributed by atoms with Crippen LogP contribution in [0.3, 0.4) is 0 Å². The Balaban J connectivity index is 1.59. The number of ether oxygens (including phenoxy) is 1. The van der Waals surface area contributed by atoms with Gasteiger partial charge in [0.15, 0.2) is 5.82 Å². The van der Waals surface area contributed by atoms with Crippen molar-refractivity contribution in [2.24, 2.45) is 0 Å². The van der Waals surface area contributed by atoms with Crippen molar-refractivity contribution >= 4 is 17.7 Å². The highest BCUT2D eigenvalue weighted by molar-refractivity contribution is 7.99. The van der Waals surface area contributed by atoms with Crippen LogP contribution < -0.4 is 0 Å². The number of hydrogen-bond acceptors (Lipinski definition) is 8. The molecule has 4 rings (SSSR count). The molecule has 0 saturated heterocycles. The van der Waals surface area contributed by atoms with Crippen LogP contribution in [0.5, 0.6) is 0 Å². The fourth-order valence-electron chi connectivity index (χ4n) is 3.49. The molecule has 9 heteroatoms. The molecule has 0 unspecified atom stereocenters. The van der Waals surface area contributed by atoms with Crippen LogP contribution in [-0.4, -0.2) is 43.2 Å². The standard InChI is InChI=1S/C25H26N6O2S/c1-3-5-10-22-26-16-18(15-23(32)33-4-2)25(27-22)34-19-13-11-17(12-14-19)20-8-6-7-9-21(20)24-28-30-31-29-24/h6-9,11-14,16H,3-5,10,15H2,1-2H3,(H,28,29,30,31). The van der Waals surface area contributed by atoms with Crippen molar-refractivity contribution in [2.75, 3.05) is 6.61 Å². The van der Waals surface area contributed by atoms with E-state index in [9.17, 15) is 4.79 Å². The quantitative estimate of drug-likeness (QED) is 0.255. The van der Waals surface area contributed by atoms with Gasteiger partial charge in [0.25, 0.3) is 0 Å². The molecule has 2 aromatic heterocycles. The van der Waals surface area contributed by atoms with Crippen molar-refractivity contribution in [2.45, 2.75) is 49.5 Å². The molecule has 0 amide bonds. The predicted octanol–water partition coefficient (Wildman–Crippen LogP) is 4.92. The van der Waals surface area contributed by atoms with Gasteiger partial charge in [-0.05, 0) is 47.0 Å². The van der Waals surface area contributed by atoms with E-state index in [1.165, 1.54) is 11.8 Å². The third-order valence-electron chi connectivity index (χ3n) is 5.18. The van der Waals surface area contributed by atoms with E-state index < -0.39 is 0 Å². The summed E-state index contributed by atoms with van der Waals surface area (Å²) in [6.45, 7) is 4.30. The summed E-state index contributed by atoms with van der Waals surface area (Å²) in [6, 6.07) is 16.2. The zero-order valence-corrected chi connectivity index (χ0v) is 20.0. The van der Waals surface area contributed by atoms with Gasteiger partial charge in [0.05, 0.1) is 13.0 Å². The minimum Gasteiger partial charge on any atom is -0.466 e. The summed E-state index contributed by atoms with van der Waals surface area (Å²) in [5.41, 5.74) is 3.79. The topological polar surface area (TPSA) is 107 Å². The van der Waals surface area contributed by atoms with Crippen molar-refractivity contribution in [1.29, 1.82) is 0 Å². The van der Waals surface area contributed by atoms with Gasteiger partial charge in [0.2, 0.25) is 0 Å². The van der Waals surface area contributed by atoms with Crippen LogP contribution in [0.1, 0.15) is 38.1 Å². The number of carbonyl (C=O) groups is 1. The third kappa shape index (κ3) is 5.85. The van der Waals surface area contributed by atoms with Gasteiger partial charge < -0.3 is 4.74 Å². The summed E-state index contributed by atoms with van der Waals surface area (Å²) in [5, 5.41) is 15.0. The molecular formula is C25H26N6O2S. The number of tetrazole rings is 1. The van der Waals surface area contributed by atoms with Gasteiger partial charge >= 0.3 is 5.97 Å². The van der Waals surface area contributed by atoms with Crippen molar-refractivity contribution in [1.82, 2.24) is 30.6 Å². The highest BCUT2D eigenvalue weighted by atomic mass is 32.2. The first-order valence-electron chi connectivity index (χ1n) is 11.3. The van der Waals surface area contributed by atoms with Crippen molar-refractivity contribution in [3.8, 4) is 22.5 Å². The monoisotopic (exact) mass is 474 g/mol. The number of esters is 1. The number of aromatic amines is 1. The molecule has 2 aromatic carbocycles. The van der Waals surface area contributed by atoms with Crippen LogP contribution in [0, 0.1) is 0 Å². The largest absolute Gasteiger partial charge is 0.466 e. The van der Waals surface area contributed by atoms with Crippen LogP contribution in [0.15, 0.2) is 64.6 Å². The Labute approximate surface area is 202 Å². The first-order chi connectivity index (χ1) is 16.7. The van der Waals surface area contributed by atoms with Gasteiger partial charge in [-0.1, -0.05) is 61.5 Å². The molecular weight excluding hydrogens is 448 g/mol. The number of aromatic nitrogens is 6. The second-order valence-corrected chi connectivity index (χ2v) is 8.69. The zero-order chi connectivity index (χ0) is 23.8. The molecule has 34 heavy (non-hydrogen) atoms. The Morgan fingerprint density at radius 1 is 1.06 bits per heavy atom. The lowest BCUT2D eigenvalue weighted by atomic mass is 9.99. The van der Waals surface area contributed by atoms with Crippen LogP contribution in [0.25, 0.3) is 22.5 Å². The van der Waals surface area contributed by atoms with Crippen molar-refractivity contribution < 1.29 is 9.53 Å². The summed E-state index contributed by atoms with van der Waals surface area (Å²) in [4.78, 5) is 22.4. The Hall–Kier alpha value is -3.59. The summed E-state index contributed by atoms with van der Waals surface area (Å²) in [6.07, 6.45) is 4.82. The Bertz CT molecular complexity index is 1230. The van der Waals surface area contributed by atoms with E-state index in [0.29, 0.717) is 12.4 Å². The molecule has 0 aliphatic rings. The number of nitrogens with one attached hydrogen (secondary N) is 1. The first kappa shape index (κ1) is 23.6. The summed E-state index contributed by atoms with van der Waals surface area (Å²) < 4.78 is 5.13. The molecule has 0 saturated carbocycles. The molecule has 0 aliphatic carbocycles. The van der Waals surface area contributed by atoms with Gasteiger partial charge in [-0.3, -0.25) is 4.79 Å². The second-order valence-electron chi connectivity index (χ2n) is 7.62. The van der Waals surface area contributed by atoms with Gasteiger partial charge in [-0.25, -0.2) is 15.1 Å².